The molecule has 1 aromatic heterocycles. The lowest BCUT2D eigenvalue weighted by Gasteiger charge is -2.13. The monoisotopic (exact) mass is 399 g/mol. The van der Waals surface area contributed by atoms with E-state index in [1.807, 2.05) is 23.7 Å². The van der Waals surface area contributed by atoms with Crippen LogP contribution < -0.4 is 5.73 Å². The Labute approximate surface area is 136 Å². The summed E-state index contributed by atoms with van der Waals surface area (Å²) in [4.78, 5) is 0. The van der Waals surface area contributed by atoms with Crippen LogP contribution in [-0.2, 0) is 19.4 Å². The van der Waals surface area contributed by atoms with Gasteiger partial charge >= 0.3 is 0 Å². The van der Waals surface area contributed by atoms with Gasteiger partial charge in [0, 0.05) is 23.5 Å². The van der Waals surface area contributed by atoms with E-state index in [0.717, 1.165) is 34.0 Å². The largest absolute Gasteiger partial charge is 0.327 e. The summed E-state index contributed by atoms with van der Waals surface area (Å²) in [6.07, 6.45) is 1.68. The Bertz CT molecular complexity index is 593. The molecule has 2 aromatic rings. The molecule has 0 aliphatic heterocycles. The Morgan fingerprint density at radius 2 is 2.05 bits per heavy atom. The second kappa shape index (κ2) is 6.87. The number of aromatic nitrogens is 2. The lowest BCUT2D eigenvalue weighted by molar-refractivity contribution is 0.573. The molecule has 108 valence electrons. The van der Waals surface area contributed by atoms with Crippen LogP contribution in [0.15, 0.2) is 33.2 Å². The van der Waals surface area contributed by atoms with Crippen molar-refractivity contribution in [3.05, 3.63) is 50.2 Å². The van der Waals surface area contributed by atoms with Crippen LogP contribution in [0.2, 0.25) is 0 Å². The van der Waals surface area contributed by atoms with Crippen molar-refractivity contribution < 1.29 is 0 Å². The molecule has 0 aliphatic rings. The van der Waals surface area contributed by atoms with Gasteiger partial charge in [-0.3, -0.25) is 4.68 Å². The molecule has 0 amide bonds. The Morgan fingerprint density at radius 1 is 1.30 bits per heavy atom. The van der Waals surface area contributed by atoms with Crippen molar-refractivity contribution >= 4 is 31.9 Å². The number of nitrogens with two attached hydrogens (primary N) is 1. The Morgan fingerprint density at radius 3 is 2.70 bits per heavy atom. The van der Waals surface area contributed by atoms with E-state index in [1.54, 1.807) is 0 Å². The van der Waals surface area contributed by atoms with Crippen LogP contribution in [0, 0.1) is 6.92 Å². The molecule has 0 saturated carbocycles. The van der Waals surface area contributed by atoms with Crippen molar-refractivity contribution in [2.75, 3.05) is 0 Å². The molecule has 1 atom stereocenters. The smallest absolute Gasteiger partial charge is 0.0738 e. The fourth-order valence-electron chi connectivity index (χ4n) is 2.35. The van der Waals surface area contributed by atoms with Crippen LogP contribution >= 0.6 is 31.9 Å². The van der Waals surface area contributed by atoms with Gasteiger partial charge in [0.15, 0.2) is 0 Å². The van der Waals surface area contributed by atoms with Crippen LogP contribution in [0.1, 0.15) is 23.9 Å². The highest BCUT2D eigenvalue weighted by Crippen LogP contribution is 2.23. The summed E-state index contributed by atoms with van der Waals surface area (Å²) >= 11 is 7.12. The standard InChI is InChI=1S/C15H19Br2N3/c1-3-20-14(15(17)10(2)19-20)9-13(18)8-11-5-4-6-12(16)7-11/h4-7,13H,3,8-9,18H2,1-2H3. The van der Waals surface area contributed by atoms with Gasteiger partial charge in [-0.05, 0) is 53.9 Å². The summed E-state index contributed by atoms with van der Waals surface area (Å²) in [7, 11) is 0. The molecule has 1 heterocycles. The highest BCUT2D eigenvalue weighted by Gasteiger charge is 2.15. The quantitative estimate of drug-likeness (QED) is 0.828. The molecule has 0 radical (unpaired) electrons. The van der Waals surface area contributed by atoms with E-state index < -0.39 is 0 Å². The second-order valence-electron chi connectivity index (χ2n) is 4.96. The SMILES string of the molecule is CCn1nc(C)c(Br)c1CC(N)Cc1cccc(Br)c1. The third kappa shape index (κ3) is 3.71. The van der Waals surface area contributed by atoms with Gasteiger partial charge in [-0.15, -0.1) is 0 Å². The van der Waals surface area contributed by atoms with Crippen LogP contribution in [0.3, 0.4) is 0 Å². The maximum Gasteiger partial charge on any atom is 0.0738 e. The maximum atomic E-state index is 6.31. The van der Waals surface area contributed by atoms with Crippen LogP contribution in [0.25, 0.3) is 0 Å². The fourth-order valence-corrected chi connectivity index (χ4v) is 3.24. The second-order valence-corrected chi connectivity index (χ2v) is 6.67. The predicted octanol–water partition coefficient (Wildman–Crippen LogP) is 3.85. The number of rotatable bonds is 5. The molecule has 0 spiro atoms. The molecular formula is C15H19Br2N3. The molecule has 2 rings (SSSR count). The summed E-state index contributed by atoms with van der Waals surface area (Å²) in [5.74, 6) is 0. The van der Waals surface area contributed by atoms with E-state index in [1.165, 1.54) is 11.3 Å². The molecule has 1 aromatic carbocycles. The van der Waals surface area contributed by atoms with Crippen molar-refractivity contribution in [2.24, 2.45) is 5.73 Å². The third-order valence-corrected chi connectivity index (χ3v) is 4.82. The molecule has 0 bridgehead atoms. The number of hydrogen-bond donors (Lipinski definition) is 1. The minimum absolute atomic E-state index is 0.0852. The number of hydrogen-bond acceptors (Lipinski definition) is 2. The van der Waals surface area contributed by atoms with E-state index in [-0.39, 0.29) is 6.04 Å². The van der Waals surface area contributed by atoms with E-state index in [9.17, 15) is 0 Å². The Hall–Kier alpha value is -0.650. The summed E-state index contributed by atoms with van der Waals surface area (Å²) in [6.45, 7) is 4.98. The van der Waals surface area contributed by atoms with Crippen LogP contribution in [0.4, 0.5) is 0 Å². The van der Waals surface area contributed by atoms with Crippen LogP contribution in [-0.4, -0.2) is 15.8 Å². The summed E-state index contributed by atoms with van der Waals surface area (Å²) in [6, 6.07) is 8.39. The first-order valence-electron chi connectivity index (χ1n) is 6.73. The summed E-state index contributed by atoms with van der Waals surface area (Å²) < 4.78 is 4.21. The zero-order chi connectivity index (χ0) is 14.7. The lowest BCUT2D eigenvalue weighted by atomic mass is 10.0. The normalized spacial score (nSPS) is 12.7. The predicted molar refractivity (Wildman–Crippen MR) is 89.9 cm³/mol. The minimum atomic E-state index is 0.0852. The van der Waals surface area contributed by atoms with E-state index in [2.05, 4.69) is 56.0 Å². The average molecular weight is 401 g/mol. The fraction of sp³-hybridized carbons (Fsp3) is 0.400. The molecule has 2 N–H and O–H groups in total. The molecular weight excluding hydrogens is 382 g/mol. The van der Waals surface area contributed by atoms with Gasteiger partial charge in [0.2, 0.25) is 0 Å². The molecule has 0 saturated heterocycles. The van der Waals surface area contributed by atoms with Crippen molar-refractivity contribution in [3.8, 4) is 0 Å². The van der Waals surface area contributed by atoms with Crippen molar-refractivity contribution in [3.63, 3.8) is 0 Å². The lowest BCUT2D eigenvalue weighted by Crippen LogP contribution is -2.27. The van der Waals surface area contributed by atoms with Gasteiger partial charge < -0.3 is 5.73 Å². The van der Waals surface area contributed by atoms with Crippen LogP contribution in [0.5, 0.6) is 0 Å². The van der Waals surface area contributed by atoms with E-state index in [4.69, 9.17) is 5.73 Å². The van der Waals surface area contributed by atoms with E-state index in [0.29, 0.717) is 0 Å². The Kier molecular flexibility index (Phi) is 5.41. The topological polar surface area (TPSA) is 43.8 Å². The molecule has 5 heteroatoms. The molecule has 0 fully saturated rings. The number of halogens is 2. The third-order valence-electron chi connectivity index (χ3n) is 3.30. The average Bonchev–Trinajstić information content (AvgIpc) is 2.66. The highest BCUT2D eigenvalue weighted by atomic mass is 79.9. The summed E-state index contributed by atoms with van der Waals surface area (Å²) in [5, 5.41) is 4.51. The first-order chi connectivity index (χ1) is 9.51. The molecule has 20 heavy (non-hydrogen) atoms. The first-order valence-corrected chi connectivity index (χ1v) is 8.31. The molecule has 3 nitrogen and oxygen atoms in total. The maximum absolute atomic E-state index is 6.31. The van der Waals surface area contributed by atoms with Crippen molar-refractivity contribution in [2.45, 2.75) is 39.3 Å². The first kappa shape index (κ1) is 15.7. The van der Waals surface area contributed by atoms with Gasteiger partial charge in [0.25, 0.3) is 0 Å². The van der Waals surface area contributed by atoms with E-state index >= 15 is 0 Å². The van der Waals surface area contributed by atoms with Gasteiger partial charge in [-0.25, -0.2) is 0 Å². The Balaban J connectivity index is 2.10. The van der Waals surface area contributed by atoms with Gasteiger partial charge in [0.1, 0.15) is 0 Å². The van der Waals surface area contributed by atoms with Gasteiger partial charge in [-0.1, -0.05) is 28.1 Å². The molecule has 1 unspecified atom stereocenters. The minimum Gasteiger partial charge on any atom is -0.327 e. The summed E-state index contributed by atoms with van der Waals surface area (Å²) in [5.41, 5.74) is 9.78. The number of aryl methyl sites for hydroxylation is 2. The van der Waals surface area contributed by atoms with Crippen molar-refractivity contribution in [1.82, 2.24) is 9.78 Å². The zero-order valence-electron chi connectivity index (χ0n) is 11.7. The number of benzene rings is 1. The van der Waals surface area contributed by atoms with Gasteiger partial charge in [-0.2, -0.15) is 5.10 Å². The highest BCUT2D eigenvalue weighted by molar-refractivity contribution is 9.10. The zero-order valence-corrected chi connectivity index (χ0v) is 14.9. The van der Waals surface area contributed by atoms with Gasteiger partial charge in [0.05, 0.1) is 15.9 Å². The number of nitrogens with zero attached hydrogens (tertiary/aromatic N) is 2. The van der Waals surface area contributed by atoms with Crippen molar-refractivity contribution in [1.29, 1.82) is 0 Å². The molecule has 0 aliphatic carbocycles.